The number of para-hydroxylation sites is 1. The van der Waals surface area contributed by atoms with Gasteiger partial charge in [0.1, 0.15) is 5.82 Å². The molecule has 1 unspecified atom stereocenters. The molecule has 0 radical (unpaired) electrons. The summed E-state index contributed by atoms with van der Waals surface area (Å²) in [5, 5.41) is 4.11. The second kappa shape index (κ2) is 7.94. The van der Waals surface area contributed by atoms with E-state index in [1.807, 2.05) is 24.3 Å². The van der Waals surface area contributed by atoms with Crippen LogP contribution in [0.15, 0.2) is 72.0 Å². The Labute approximate surface area is 173 Å². The molecule has 1 aliphatic rings. The third-order valence-corrected chi connectivity index (χ3v) is 5.42. The lowest BCUT2D eigenvalue weighted by Gasteiger charge is -2.21. The van der Waals surface area contributed by atoms with Gasteiger partial charge >= 0.3 is 6.18 Å². The van der Waals surface area contributed by atoms with E-state index in [1.54, 1.807) is 12.1 Å². The van der Waals surface area contributed by atoms with E-state index < -0.39 is 11.7 Å². The van der Waals surface area contributed by atoms with Crippen LogP contribution in [0.5, 0.6) is 0 Å². The SMILES string of the molecule is CCC1C=CC(Nc2nc(-c3ccccc3C(F)(F)F)nc3ccccc23)=C(C)C1. The molecule has 2 aromatic carbocycles. The van der Waals surface area contributed by atoms with Gasteiger partial charge in [-0.3, -0.25) is 0 Å². The van der Waals surface area contributed by atoms with Crippen molar-refractivity contribution >= 4 is 16.7 Å². The number of benzene rings is 2. The fraction of sp³-hybridized carbons (Fsp3) is 0.250. The third kappa shape index (κ3) is 3.95. The molecule has 154 valence electrons. The second-order valence-electron chi connectivity index (χ2n) is 7.51. The number of nitrogens with one attached hydrogen (secondary N) is 1. The zero-order valence-corrected chi connectivity index (χ0v) is 16.8. The molecule has 1 heterocycles. The molecule has 1 aromatic heterocycles. The maximum atomic E-state index is 13.6. The van der Waals surface area contributed by atoms with Crippen molar-refractivity contribution in [1.82, 2.24) is 9.97 Å². The van der Waals surface area contributed by atoms with Gasteiger partial charge in [0.2, 0.25) is 0 Å². The van der Waals surface area contributed by atoms with E-state index in [0.717, 1.165) is 30.0 Å². The molecule has 0 fully saturated rings. The molecule has 1 atom stereocenters. The van der Waals surface area contributed by atoms with Crippen molar-refractivity contribution in [2.75, 3.05) is 5.32 Å². The zero-order valence-electron chi connectivity index (χ0n) is 16.8. The maximum absolute atomic E-state index is 13.6. The van der Waals surface area contributed by atoms with E-state index >= 15 is 0 Å². The normalized spacial score (nSPS) is 16.9. The highest BCUT2D eigenvalue weighted by Gasteiger charge is 2.34. The van der Waals surface area contributed by atoms with Gasteiger partial charge in [0, 0.05) is 16.6 Å². The minimum Gasteiger partial charge on any atom is -0.340 e. The summed E-state index contributed by atoms with van der Waals surface area (Å²) in [6.07, 6.45) is 1.73. The van der Waals surface area contributed by atoms with Crippen LogP contribution in [-0.4, -0.2) is 9.97 Å². The predicted molar refractivity (Wildman–Crippen MR) is 114 cm³/mol. The van der Waals surface area contributed by atoms with Gasteiger partial charge in [-0.25, -0.2) is 9.97 Å². The van der Waals surface area contributed by atoms with Gasteiger partial charge in [-0.2, -0.15) is 13.2 Å². The van der Waals surface area contributed by atoms with Crippen LogP contribution in [-0.2, 0) is 6.18 Å². The summed E-state index contributed by atoms with van der Waals surface area (Å²) in [7, 11) is 0. The molecule has 6 heteroatoms. The van der Waals surface area contributed by atoms with Crippen molar-refractivity contribution in [2.45, 2.75) is 32.9 Å². The van der Waals surface area contributed by atoms with Crippen LogP contribution in [0.1, 0.15) is 32.3 Å². The maximum Gasteiger partial charge on any atom is 0.417 e. The monoisotopic (exact) mass is 409 g/mol. The average molecular weight is 409 g/mol. The molecule has 0 aliphatic heterocycles. The van der Waals surface area contributed by atoms with Crippen LogP contribution < -0.4 is 5.32 Å². The van der Waals surface area contributed by atoms with Crippen LogP contribution in [0, 0.1) is 5.92 Å². The fourth-order valence-electron chi connectivity index (χ4n) is 3.72. The number of hydrogen-bond donors (Lipinski definition) is 1. The van der Waals surface area contributed by atoms with Gasteiger partial charge in [0.05, 0.1) is 11.1 Å². The summed E-state index contributed by atoms with van der Waals surface area (Å²) in [4.78, 5) is 8.96. The van der Waals surface area contributed by atoms with E-state index in [4.69, 9.17) is 0 Å². The Morgan fingerprint density at radius 2 is 1.77 bits per heavy atom. The Morgan fingerprint density at radius 3 is 2.50 bits per heavy atom. The molecule has 4 rings (SSSR count). The van der Waals surface area contributed by atoms with Crippen LogP contribution in [0.3, 0.4) is 0 Å². The van der Waals surface area contributed by atoms with Crippen LogP contribution >= 0.6 is 0 Å². The predicted octanol–water partition coefficient (Wildman–Crippen LogP) is 6.99. The second-order valence-corrected chi connectivity index (χ2v) is 7.51. The van der Waals surface area contributed by atoms with Crippen LogP contribution in [0.2, 0.25) is 0 Å². The number of fused-ring (bicyclic) bond motifs is 1. The Morgan fingerprint density at radius 1 is 1.03 bits per heavy atom. The number of hydrogen-bond acceptors (Lipinski definition) is 3. The number of halogens is 3. The fourth-order valence-corrected chi connectivity index (χ4v) is 3.72. The first-order chi connectivity index (χ1) is 14.4. The first kappa shape index (κ1) is 20.1. The number of anilines is 1. The van der Waals surface area contributed by atoms with Crippen molar-refractivity contribution in [1.29, 1.82) is 0 Å². The van der Waals surface area contributed by atoms with Crippen molar-refractivity contribution in [3.8, 4) is 11.4 Å². The zero-order chi connectivity index (χ0) is 21.3. The molecule has 3 nitrogen and oxygen atoms in total. The molecule has 0 bridgehead atoms. The quantitative estimate of drug-likeness (QED) is 0.505. The summed E-state index contributed by atoms with van der Waals surface area (Å²) in [6, 6.07) is 12.7. The Hall–Kier alpha value is -3.15. The van der Waals surface area contributed by atoms with E-state index in [0.29, 0.717) is 17.3 Å². The van der Waals surface area contributed by atoms with Gasteiger partial charge in [0.25, 0.3) is 0 Å². The lowest BCUT2D eigenvalue weighted by Crippen LogP contribution is -2.11. The number of aromatic nitrogens is 2. The summed E-state index contributed by atoms with van der Waals surface area (Å²) < 4.78 is 40.7. The lowest BCUT2D eigenvalue weighted by atomic mass is 9.91. The van der Waals surface area contributed by atoms with Crippen molar-refractivity contribution in [3.63, 3.8) is 0 Å². The van der Waals surface area contributed by atoms with E-state index in [9.17, 15) is 13.2 Å². The number of nitrogens with zero attached hydrogens (tertiary/aromatic N) is 2. The summed E-state index contributed by atoms with van der Waals surface area (Å²) in [5.74, 6) is 1.06. The standard InChI is InChI=1S/C24H22F3N3/c1-3-16-12-13-20(15(2)14-16)28-23-18-9-5-7-11-21(18)29-22(30-23)17-8-4-6-10-19(17)24(25,26)27/h4-13,16H,3,14H2,1-2H3,(H,28,29,30). The first-order valence-electron chi connectivity index (χ1n) is 9.95. The van der Waals surface area contributed by atoms with Gasteiger partial charge in [0.15, 0.2) is 5.82 Å². The van der Waals surface area contributed by atoms with Gasteiger partial charge < -0.3 is 5.32 Å². The summed E-state index contributed by atoms with van der Waals surface area (Å²) >= 11 is 0. The molecule has 0 saturated heterocycles. The minimum absolute atomic E-state index is 0.0327. The van der Waals surface area contributed by atoms with Crippen molar-refractivity contribution in [2.24, 2.45) is 5.92 Å². The van der Waals surface area contributed by atoms with Gasteiger partial charge in [-0.1, -0.05) is 43.3 Å². The highest BCUT2D eigenvalue weighted by Crippen LogP contribution is 2.37. The summed E-state index contributed by atoms with van der Waals surface area (Å²) in [6.45, 7) is 4.22. The molecule has 30 heavy (non-hydrogen) atoms. The first-order valence-corrected chi connectivity index (χ1v) is 9.95. The van der Waals surface area contributed by atoms with Crippen molar-refractivity contribution < 1.29 is 13.2 Å². The third-order valence-electron chi connectivity index (χ3n) is 5.42. The smallest absolute Gasteiger partial charge is 0.340 e. The Bertz CT molecular complexity index is 1150. The highest BCUT2D eigenvalue weighted by atomic mass is 19.4. The van der Waals surface area contributed by atoms with Crippen molar-refractivity contribution in [3.05, 3.63) is 77.5 Å². The van der Waals surface area contributed by atoms with E-state index in [2.05, 4.69) is 35.2 Å². The van der Waals surface area contributed by atoms with E-state index in [1.165, 1.54) is 17.7 Å². The highest BCUT2D eigenvalue weighted by molar-refractivity contribution is 5.91. The van der Waals surface area contributed by atoms with Gasteiger partial charge in [-0.15, -0.1) is 0 Å². The minimum atomic E-state index is -4.49. The molecular weight excluding hydrogens is 387 g/mol. The van der Waals surface area contributed by atoms with E-state index in [-0.39, 0.29) is 11.4 Å². The molecule has 0 saturated carbocycles. The Balaban J connectivity index is 1.84. The number of alkyl halides is 3. The van der Waals surface area contributed by atoms with Gasteiger partial charge in [-0.05, 0) is 55.5 Å². The van der Waals surface area contributed by atoms with Crippen LogP contribution in [0.4, 0.5) is 19.0 Å². The number of allylic oxidation sites excluding steroid dienone is 3. The average Bonchev–Trinajstić information content (AvgIpc) is 2.74. The lowest BCUT2D eigenvalue weighted by molar-refractivity contribution is -0.137. The molecule has 0 amide bonds. The molecular formula is C24H22F3N3. The largest absolute Gasteiger partial charge is 0.417 e. The molecule has 3 aromatic rings. The summed E-state index contributed by atoms with van der Waals surface area (Å²) in [5.41, 5.74) is 1.94. The topological polar surface area (TPSA) is 37.8 Å². The molecule has 1 aliphatic carbocycles. The molecule has 1 N–H and O–H groups in total. The number of rotatable bonds is 4. The van der Waals surface area contributed by atoms with Crippen LogP contribution in [0.25, 0.3) is 22.3 Å². The molecule has 0 spiro atoms. The Kier molecular flexibility index (Phi) is 5.33.